The van der Waals surface area contributed by atoms with E-state index in [0.29, 0.717) is 28.1 Å². The van der Waals surface area contributed by atoms with E-state index in [1.165, 1.54) is 25.3 Å². The molecule has 0 radical (unpaired) electrons. The smallest absolute Gasteiger partial charge is 0.416 e. The minimum atomic E-state index is -4.56. The van der Waals surface area contributed by atoms with Gasteiger partial charge in [0.05, 0.1) is 17.1 Å². The van der Waals surface area contributed by atoms with Crippen molar-refractivity contribution in [1.82, 2.24) is 0 Å². The topological polar surface area (TPSA) is 71.3 Å². The first-order chi connectivity index (χ1) is 16.6. The number of amides is 1. The predicted octanol–water partition coefficient (Wildman–Crippen LogP) is 7.21. The first-order valence-electron chi connectivity index (χ1n) is 9.96. The third-order valence-electron chi connectivity index (χ3n) is 4.67. The maximum atomic E-state index is 12.9. The van der Waals surface area contributed by atoms with Crippen molar-refractivity contribution in [2.45, 2.75) is 12.8 Å². The van der Waals surface area contributed by atoms with Crippen molar-refractivity contribution < 1.29 is 27.4 Å². The summed E-state index contributed by atoms with van der Waals surface area (Å²) in [6, 6.07) is 17.0. The number of carbonyl (C=O) groups excluding carboxylic acids is 1. The summed E-state index contributed by atoms with van der Waals surface area (Å²) in [5.74, 6) is -0.0391. The summed E-state index contributed by atoms with van der Waals surface area (Å²) in [4.78, 5) is 12.5. The van der Waals surface area contributed by atoms with Crippen LogP contribution in [-0.2, 0) is 17.6 Å². The molecule has 0 atom stereocenters. The zero-order chi connectivity index (χ0) is 25.6. The Morgan fingerprint density at radius 2 is 1.89 bits per heavy atom. The lowest BCUT2D eigenvalue weighted by atomic mass is 10.1. The van der Waals surface area contributed by atoms with Gasteiger partial charge in [0.2, 0.25) is 0 Å². The van der Waals surface area contributed by atoms with E-state index in [4.69, 9.17) is 9.47 Å². The molecule has 5 nitrogen and oxygen atoms in total. The summed E-state index contributed by atoms with van der Waals surface area (Å²) in [6.07, 6.45) is -3.25. The van der Waals surface area contributed by atoms with E-state index in [-0.39, 0.29) is 11.3 Å². The molecule has 1 amide bonds. The van der Waals surface area contributed by atoms with E-state index in [0.717, 1.165) is 21.3 Å². The molecule has 0 aliphatic heterocycles. The van der Waals surface area contributed by atoms with Crippen molar-refractivity contribution in [1.29, 1.82) is 5.26 Å². The van der Waals surface area contributed by atoms with Crippen LogP contribution in [0.5, 0.6) is 11.5 Å². The van der Waals surface area contributed by atoms with Crippen LogP contribution in [0.1, 0.15) is 16.7 Å². The van der Waals surface area contributed by atoms with Gasteiger partial charge in [-0.25, -0.2) is 0 Å². The van der Waals surface area contributed by atoms with Gasteiger partial charge in [-0.3, -0.25) is 4.79 Å². The number of alkyl halides is 3. The fraction of sp³-hybridized carbons (Fsp3) is 0.120. The van der Waals surface area contributed by atoms with E-state index >= 15 is 0 Å². The van der Waals surface area contributed by atoms with Gasteiger partial charge in [-0.1, -0.05) is 18.2 Å². The van der Waals surface area contributed by atoms with Crippen LogP contribution < -0.4 is 14.8 Å². The molecule has 10 heteroatoms. The fourth-order valence-corrected chi connectivity index (χ4v) is 3.92. The van der Waals surface area contributed by atoms with Gasteiger partial charge in [0.25, 0.3) is 5.91 Å². The first-order valence-corrected chi connectivity index (χ1v) is 11.8. The summed E-state index contributed by atoms with van der Waals surface area (Å²) in [6.45, 7) is 0.296. The van der Waals surface area contributed by atoms with Crippen molar-refractivity contribution in [3.8, 4) is 17.6 Å². The third kappa shape index (κ3) is 7.22. The monoisotopic (exact) mass is 656 g/mol. The van der Waals surface area contributed by atoms with Gasteiger partial charge in [-0.15, -0.1) is 0 Å². The van der Waals surface area contributed by atoms with Crippen LogP contribution in [-0.4, -0.2) is 13.0 Å². The number of hydrogen-bond acceptors (Lipinski definition) is 4. The molecule has 3 aromatic carbocycles. The normalized spacial score (nSPS) is 11.5. The molecule has 0 aliphatic rings. The highest BCUT2D eigenvalue weighted by molar-refractivity contribution is 14.1. The Morgan fingerprint density at radius 1 is 1.17 bits per heavy atom. The van der Waals surface area contributed by atoms with E-state index in [2.05, 4.69) is 43.8 Å². The second-order valence-electron chi connectivity index (χ2n) is 7.15. The highest BCUT2D eigenvalue weighted by atomic mass is 127. The van der Waals surface area contributed by atoms with Crippen molar-refractivity contribution in [2.24, 2.45) is 0 Å². The summed E-state index contributed by atoms with van der Waals surface area (Å²) in [5.41, 5.74) is 0.118. The maximum Gasteiger partial charge on any atom is 0.416 e. The lowest BCUT2D eigenvalue weighted by Crippen LogP contribution is -2.14. The highest BCUT2D eigenvalue weighted by Crippen LogP contribution is 2.38. The molecular formula is C25H17BrF3IN2O3. The molecule has 0 aliphatic carbocycles. The third-order valence-corrected chi connectivity index (χ3v) is 5.98. The number of benzene rings is 3. The number of carbonyl (C=O) groups is 1. The van der Waals surface area contributed by atoms with Crippen LogP contribution >= 0.6 is 38.5 Å². The second kappa shape index (κ2) is 11.6. The van der Waals surface area contributed by atoms with Crippen molar-refractivity contribution in [3.63, 3.8) is 0 Å². The highest BCUT2D eigenvalue weighted by Gasteiger charge is 2.30. The van der Waals surface area contributed by atoms with E-state index < -0.39 is 17.6 Å². The molecule has 0 saturated heterocycles. The molecule has 0 spiro atoms. The molecule has 0 saturated carbocycles. The van der Waals surface area contributed by atoms with Crippen LogP contribution in [0.3, 0.4) is 0 Å². The van der Waals surface area contributed by atoms with Gasteiger partial charge in [0, 0.05) is 9.26 Å². The number of rotatable bonds is 7. The minimum Gasteiger partial charge on any atom is -0.493 e. The second-order valence-corrected chi connectivity index (χ2v) is 9.25. The standard InChI is InChI=1S/C25H17BrF3IN2O3/c1-34-22-11-16(10-21(26)23(22)35-14-15-5-7-19(30)8-6-15)9-17(13-31)24(33)32-20-4-2-3-18(12-20)25(27,28)29/h2-12H,14H2,1H3,(H,32,33)/b17-9-. The van der Waals surface area contributed by atoms with Gasteiger partial charge in [-0.2, -0.15) is 18.4 Å². The number of nitrogens with one attached hydrogen (secondary N) is 1. The lowest BCUT2D eigenvalue weighted by molar-refractivity contribution is -0.137. The Labute approximate surface area is 221 Å². The number of nitrogens with zero attached hydrogens (tertiary/aromatic N) is 1. The number of halogens is 5. The van der Waals surface area contributed by atoms with E-state index in [1.54, 1.807) is 18.2 Å². The van der Waals surface area contributed by atoms with E-state index in [9.17, 15) is 23.2 Å². The summed E-state index contributed by atoms with van der Waals surface area (Å²) in [7, 11) is 1.46. The van der Waals surface area contributed by atoms with Gasteiger partial charge in [-0.05, 0) is 98.2 Å². The van der Waals surface area contributed by atoms with Crippen molar-refractivity contribution >= 4 is 56.2 Å². The molecule has 0 fully saturated rings. The molecule has 3 aromatic rings. The predicted molar refractivity (Wildman–Crippen MR) is 138 cm³/mol. The minimum absolute atomic E-state index is 0.0796. The Morgan fingerprint density at radius 3 is 2.51 bits per heavy atom. The van der Waals surface area contributed by atoms with Gasteiger partial charge in [0.1, 0.15) is 18.2 Å². The van der Waals surface area contributed by atoms with E-state index in [1.807, 2.05) is 24.3 Å². The Bertz CT molecular complexity index is 1300. The Hall–Kier alpha value is -3.04. The molecule has 3 rings (SSSR count). The van der Waals surface area contributed by atoms with Crippen molar-refractivity contribution in [3.05, 3.63) is 91.0 Å². The maximum absolute atomic E-state index is 12.9. The van der Waals surface area contributed by atoms with Gasteiger partial charge in [0.15, 0.2) is 11.5 Å². The SMILES string of the molecule is COc1cc(/C=C(/C#N)C(=O)Nc2cccc(C(F)(F)F)c2)cc(Br)c1OCc1ccc(I)cc1. The summed E-state index contributed by atoms with van der Waals surface area (Å²) in [5, 5.41) is 11.8. The number of ether oxygens (including phenoxy) is 2. The molecule has 0 aromatic heterocycles. The quantitative estimate of drug-likeness (QED) is 0.166. The number of hydrogen-bond donors (Lipinski definition) is 1. The zero-order valence-electron chi connectivity index (χ0n) is 18.1. The molecule has 1 N–H and O–H groups in total. The van der Waals surface area contributed by atoms with Crippen LogP contribution in [0.15, 0.2) is 70.7 Å². The van der Waals surface area contributed by atoms with Gasteiger partial charge < -0.3 is 14.8 Å². The van der Waals surface area contributed by atoms with Crippen LogP contribution in [0, 0.1) is 14.9 Å². The first kappa shape index (κ1) is 26.6. The summed E-state index contributed by atoms with van der Waals surface area (Å²) < 4.78 is 51.7. The average molecular weight is 657 g/mol. The van der Waals surface area contributed by atoms with Crippen molar-refractivity contribution in [2.75, 3.05) is 12.4 Å². The van der Waals surface area contributed by atoms with Gasteiger partial charge >= 0.3 is 6.18 Å². The van der Waals surface area contributed by atoms with Crippen LogP contribution in [0.25, 0.3) is 6.08 Å². The largest absolute Gasteiger partial charge is 0.493 e. The molecule has 180 valence electrons. The molecule has 0 bridgehead atoms. The number of methoxy groups -OCH3 is 1. The lowest BCUT2D eigenvalue weighted by Gasteiger charge is -2.14. The fourth-order valence-electron chi connectivity index (χ4n) is 2.99. The Balaban J connectivity index is 1.81. The number of anilines is 1. The van der Waals surface area contributed by atoms with Crippen LogP contribution in [0.4, 0.5) is 18.9 Å². The molecular weight excluding hydrogens is 640 g/mol. The van der Waals surface area contributed by atoms with Crippen LogP contribution in [0.2, 0.25) is 0 Å². The average Bonchev–Trinajstić information content (AvgIpc) is 2.82. The molecule has 0 heterocycles. The zero-order valence-corrected chi connectivity index (χ0v) is 21.9. The Kier molecular flexibility index (Phi) is 8.80. The molecule has 35 heavy (non-hydrogen) atoms. The molecule has 0 unspecified atom stereocenters. The number of nitriles is 1. The summed E-state index contributed by atoms with van der Waals surface area (Å²) >= 11 is 5.64.